The summed E-state index contributed by atoms with van der Waals surface area (Å²) >= 11 is 4.99. The van der Waals surface area contributed by atoms with Crippen molar-refractivity contribution < 1.29 is 4.74 Å². The molecule has 1 aliphatic carbocycles. The highest BCUT2D eigenvalue weighted by molar-refractivity contribution is 7.80. The summed E-state index contributed by atoms with van der Waals surface area (Å²) in [6.07, 6.45) is 6.31. The first-order chi connectivity index (χ1) is 9.75. The highest BCUT2D eigenvalue weighted by Gasteiger charge is 2.23. The molecule has 0 bridgehead atoms. The van der Waals surface area contributed by atoms with Gasteiger partial charge in [0.25, 0.3) is 0 Å². The molecule has 2 aromatic rings. The first-order valence-electron chi connectivity index (χ1n) is 6.61. The molecule has 0 radical (unpaired) electrons. The molecule has 1 unspecified atom stereocenters. The average Bonchev–Trinajstić information content (AvgIpc) is 2.48. The van der Waals surface area contributed by atoms with E-state index in [0.29, 0.717) is 11.6 Å². The van der Waals surface area contributed by atoms with Gasteiger partial charge in [-0.2, -0.15) is 0 Å². The molecule has 20 heavy (non-hydrogen) atoms. The third-order valence-electron chi connectivity index (χ3n) is 3.47. The number of nitrogens with zero attached hydrogens (tertiary/aromatic N) is 2. The summed E-state index contributed by atoms with van der Waals surface area (Å²) < 4.78 is 6.03. The Bertz CT molecular complexity index is 645. The van der Waals surface area contributed by atoms with Crippen LogP contribution in [0.1, 0.15) is 35.8 Å². The number of nitrogens with two attached hydrogens (primary N) is 1. The Morgan fingerprint density at radius 1 is 1.25 bits per heavy atom. The van der Waals surface area contributed by atoms with Crippen LogP contribution < -0.4 is 10.5 Å². The van der Waals surface area contributed by atoms with E-state index < -0.39 is 0 Å². The first-order valence-corrected chi connectivity index (χ1v) is 7.02. The van der Waals surface area contributed by atoms with Crippen molar-refractivity contribution in [3.05, 3.63) is 53.5 Å². The molecule has 0 aliphatic heterocycles. The molecule has 1 aromatic carbocycles. The van der Waals surface area contributed by atoms with Crippen LogP contribution in [0.2, 0.25) is 0 Å². The largest absolute Gasteiger partial charge is 0.468 e. The van der Waals surface area contributed by atoms with Gasteiger partial charge >= 0.3 is 0 Å². The molecular formula is C15H15N3OS. The number of benzene rings is 1. The smallest absolute Gasteiger partial charge is 0.243 e. The molecule has 0 saturated heterocycles. The van der Waals surface area contributed by atoms with Crippen molar-refractivity contribution in [1.29, 1.82) is 0 Å². The quantitative estimate of drug-likeness (QED) is 0.878. The van der Waals surface area contributed by atoms with E-state index in [1.807, 2.05) is 6.07 Å². The van der Waals surface area contributed by atoms with Gasteiger partial charge in [0.1, 0.15) is 11.1 Å². The fourth-order valence-electron chi connectivity index (χ4n) is 2.55. The summed E-state index contributed by atoms with van der Waals surface area (Å²) in [5, 5.41) is 0. The third kappa shape index (κ3) is 2.49. The van der Waals surface area contributed by atoms with Crippen molar-refractivity contribution in [3.63, 3.8) is 0 Å². The maximum absolute atomic E-state index is 6.03. The first kappa shape index (κ1) is 13.0. The number of ether oxygens (including phenoxy) is 1. The van der Waals surface area contributed by atoms with E-state index in [2.05, 4.69) is 28.2 Å². The summed E-state index contributed by atoms with van der Waals surface area (Å²) in [5.41, 5.74) is 8.67. The number of aryl methyl sites for hydroxylation is 1. The Hall–Kier alpha value is -2.01. The van der Waals surface area contributed by atoms with Crippen LogP contribution in [0, 0.1) is 0 Å². The second-order valence-corrected chi connectivity index (χ2v) is 5.21. The fourth-order valence-corrected chi connectivity index (χ4v) is 2.69. The lowest BCUT2D eigenvalue weighted by atomic mass is 9.89. The standard InChI is InChI=1S/C15H15N3OS/c16-14(20)13-15(18-9-8-17-13)19-12-7-3-5-10-4-1-2-6-11(10)12/h1-2,4,6,8-9,12H,3,5,7H2,(H2,16,20). The van der Waals surface area contributed by atoms with E-state index in [1.54, 1.807) is 12.4 Å². The van der Waals surface area contributed by atoms with Gasteiger partial charge in [-0.3, -0.25) is 0 Å². The van der Waals surface area contributed by atoms with Crippen molar-refractivity contribution in [1.82, 2.24) is 9.97 Å². The third-order valence-corrected chi connectivity index (χ3v) is 3.66. The predicted molar refractivity (Wildman–Crippen MR) is 80.7 cm³/mol. The Labute approximate surface area is 123 Å². The molecule has 2 N–H and O–H groups in total. The van der Waals surface area contributed by atoms with Crippen LogP contribution in [-0.2, 0) is 6.42 Å². The van der Waals surface area contributed by atoms with Crippen LogP contribution >= 0.6 is 12.2 Å². The van der Waals surface area contributed by atoms with Crippen molar-refractivity contribution in [3.8, 4) is 5.88 Å². The van der Waals surface area contributed by atoms with E-state index in [4.69, 9.17) is 22.7 Å². The summed E-state index contributed by atoms with van der Waals surface area (Å²) in [6.45, 7) is 0. The summed E-state index contributed by atoms with van der Waals surface area (Å²) in [6, 6.07) is 8.35. The number of thiocarbonyl (C=S) groups is 1. The van der Waals surface area contributed by atoms with E-state index in [-0.39, 0.29) is 11.1 Å². The van der Waals surface area contributed by atoms with Gasteiger partial charge in [-0.25, -0.2) is 9.97 Å². The number of hydrogen-bond donors (Lipinski definition) is 1. The molecule has 3 rings (SSSR count). The lowest BCUT2D eigenvalue weighted by molar-refractivity contribution is 0.174. The van der Waals surface area contributed by atoms with E-state index in [9.17, 15) is 0 Å². The number of fused-ring (bicyclic) bond motifs is 1. The molecule has 1 aliphatic rings. The van der Waals surface area contributed by atoms with Crippen LogP contribution in [-0.4, -0.2) is 15.0 Å². The van der Waals surface area contributed by atoms with E-state index >= 15 is 0 Å². The second kappa shape index (κ2) is 5.54. The minimum Gasteiger partial charge on any atom is -0.468 e. The van der Waals surface area contributed by atoms with Gasteiger partial charge in [0.2, 0.25) is 5.88 Å². The molecule has 5 heteroatoms. The monoisotopic (exact) mass is 285 g/mol. The Morgan fingerprint density at radius 2 is 2.05 bits per heavy atom. The SMILES string of the molecule is NC(=S)c1nccnc1OC1CCCc2ccccc21. The summed E-state index contributed by atoms with van der Waals surface area (Å²) in [5.74, 6) is 0.418. The maximum Gasteiger partial charge on any atom is 0.243 e. The summed E-state index contributed by atoms with van der Waals surface area (Å²) in [4.78, 5) is 8.57. The Kier molecular flexibility index (Phi) is 3.60. The average molecular weight is 285 g/mol. The number of hydrogen-bond acceptors (Lipinski definition) is 4. The normalized spacial score (nSPS) is 17.3. The van der Waals surface area contributed by atoms with Gasteiger partial charge < -0.3 is 10.5 Å². The molecule has 0 amide bonds. The molecule has 0 fully saturated rings. The Balaban J connectivity index is 1.92. The van der Waals surface area contributed by atoms with Crippen LogP contribution in [0.3, 0.4) is 0 Å². The van der Waals surface area contributed by atoms with Crippen LogP contribution in [0.25, 0.3) is 0 Å². The van der Waals surface area contributed by atoms with E-state index in [1.165, 1.54) is 11.1 Å². The van der Waals surface area contributed by atoms with Gasteiger partial charge in [0.05, 0.1) is 0 Å². The molecule has 102 valence electrons. The van der Waals surface area contributed by atoms with Crippen molar-refractivity contribution in [2.45, 2.75) is 25.4 Å². The fraction of sp³-hybridized carbons (Fsp3) is 0.267. The predicted octanol–water partition coefficient (Wildman–Crippen LogP) is 2.57. The van der Waals surface area contributed by atoms with Crippen LogP contribution in [0.5, 0.6) is 5.88 Å². The molecule has 1 heterocycles. The van der Waals surface area contributed by atoms with Crippen molar-refractivity contribution >= 4 is 17.2 Å². The molecule has 0 spiro atoms. The molecular weight excluding hydrogens is 270 g/mol. The van der Waals surface area contributed by atoms with Gasteiger partial charge in [-0.05, 0) is 30.4 Å². The number of rotatable bonds is 3. The Morgan fingerprint density at radius 3 is 2.90 bits per heavy atom. The van der Waals surface area contributed by atoms with Crippen LogP contribution in [0.4, 0.5) is 0 Å². The molecule has 1 aromatic heterocycles. The van der Waals surface area contributed by atoms with Crippen LogP contribution in [0.15, 0.2) is 36.7 Å². The zero-order chi connectivity index (χ0) is 13.9. The number of aromatic nitrogens is 2. The minimum atomic E-state index is -0.00949. The lowest BCUT2D eigenvalue weighted by Crippen LogP contribution is -2.19. The lowest BCUT2D eigenvalue weighted by Gasteiger charge is -2.26. The molecule has 1 atom stereocenters. The highest BCUT2D eigenvalue weighted by Crippen LogP contribution is 2.33. The molecule has 0 saturated carbocycles. The minimum absolute atomic E-state index is 0.00949. The van der Waals surface area contributed by atoms with Gasteiger partial charge in [0.15, 0.2) is 5.69 Å². The zero-order valence-corrected chi connectivity index (χ0v) is 11.8. The van der Waals surface area contributed by atoms with Gasteiger partial charge in [-0.1, -0.05) is 36.5 Å². The van der Waals surface area contributed by atoms with Gasteiger partial charge in [-0.15, -0.1) is 0 Å². The van der Waals surface area contributed by atoms with Crippen molar-refractivity contribution in [2.24, 2.45) is 5.73 Å². The molecule has 4 nitrogen and oxygen atoms in total. The summed E-state index contributed by atoms with van der Waals surface area (Å²) in [7, 11) is 0. The highest BCUT2D eigenvalue weighted by atomic mass is 32.1. The topological polar surface area (TPSA) is 61.0 Å². The van der Waals surface area contributed by atoms with Crippen molar-refractivity contribution in [2.75, 3.05) is 0 Å². The maximum atomic E-state index is 6.03. The van der Waals surface area contributed by atoms with Gasteiger partial charge in [0, 0.05) is 12.4 Å². The second-order valence-electron chi connectivity index (χ2n) is 4.77. The zero-order valence-electron chi connectivity index (χ0n) is 11.0. The van der Waals surface area contributed by atoms with E-state index in [0.717, 1.165) is 19.3 Å².